The van der Waals surface area contributed by atoms with Gasteiger partial charge in [-0.25, -0.2) is 4.79 Å². The van der Waals surface area contributed by atoms with Crippen molar-refractivity contribution in [3.05, 3.63) is 0 Å². The van der Waals surface area contributed by atoms with Crippen molar-refractivity contribution in [1.82, 2.24) is 5.32 Å². The van der Waals surface area contributed by atoms with Gasteiger partial charge in [-0.05, 0) is 20.4 Å². The van der Waals surface area contributed by atoms with Gasteiger partial charge in [-0.2, -0.15) is 0 Å². The van der Waals surface area contributed by atoms with Gasteiger partial charge in [0.1, 0.15) is 0 Å². The van der Waals surface area contributed by atoms with Gasteiger partial charge in [-0.15, -0.1) is 0 Å². The smallest absolute Gasteiger partial charge is 0.335 e. The van der Waals surface area contributed by atoms with Gasteiger partial charge in [-0.3, -0.25) is 0 Å². The molecule has 0 radical (unpaired) electrons. The van der Waals surface area contributed by atoms with E-state index >= 15 is 0 Å². The molecule has 0 amide bonds. The highest BCUT2D eigenvalue weighted by atomic mass is 16.5. The molecule has 0 unspecified atom stereocenters. The van der Waals surface area contributed by atoms with Crippen LogP contribution in [0, 0.1) is 0 Å². The van der Waals surface area contributed by atoms with Crippen molar-refractivity contribution in [1.29, 1.82) is 0 Å². The molecule has 4 heteroatoms. The average Bonchev–Trinajstić information content (AvgIpc) is 1.98. The lowest BCUT2D eigenvalue weighted by Crippen LogP contribution is -2.36. The number of hydrogen-bond acceptors (Lipinski definition) is 3. The topological polar surface area (TPSA) is 58.6 Å². The standard InChI is InChI=1S/C8H17NO3/c1-4-9-5-6-12-8(2,3)7(10)11/h9H,4-6H2,1-3H3,(H,10,11). The third-order valence-electron chi connectivity index (χ3n) is 1.51. The number of rotatable bonds is 6. The normalized spacial score (nSPS) is 11.6. The minimum Gasteiger partial charge on any atom is -0.479 e. The van der Waals surface area contributed by atoms with E-state index in [9.17, 15) is 4.79 Å². The van der Waals surface area contributed by atoms with E-state index in [1.165, 1.54) is 0 Å². The Morgan fingerprint density at radius 1 is 1.58 bits per heavy atom. The van der Waals surface area contributed by atoms with E-state index in [-0.39, 0.29) is 0 Å². The molecule has 0 aliphatic heterocycles. The van der Waals surface area contributed by atoms with Gasteiger partial charge in [0.2, 0.25) is 0 Å². The summed E-state index contributed by atoms with van der Waals surface area (Å²) in [5.41, 5.74) is -1.07. The molecular formula is C8H17NO3. The first kappa shape index (κ1) is 11.4. The highest BCUT2D eigenvalue weighted by Gasteiger charge is 2.27. The van der Waals surface area contributed by atoms with Crippen LogP contribution >= 0.6 is 0 Å². The maximum Gasteiger partial charge on any atom is 0.335 e. The van der Waals surface area contributed by atoms with Gasteiger partial charge in [0.15, 0.2) is 5.60 Å². The first-order valence-electron chi connectivity index (χ1n) is 4.08. The van der Waals surface area contributed by atoms with Crippen molar-refractivity contribution in [2.75, 3.05) is 19.7 Å². The maximum atomic E-state index is 10.5. The summed E-state index contributed by atoms with van der Waals surface area (Å²) in [7, 11) is 0. The van der Waals surface area contributed by atoms with Crippen molar-refractivity contribution in [3.8, 4) is 0 Å². The predicted octanol–water partition coefficient (Wildman–Crippen LogP) is 0.476. The Kier molecular flexibility index (Phi) is 4.85. The summed E-state index contributed by atoms with van der Waals surface area (Å²) in [5.74, 6) is -0.931. The van der Waals surface area contributed by atoms with Crippen LogP contribution in [-0.4, -0.2) is 36.4 Å². The minimum atomic E-state index is -1.07. The summed E-state index contributed by atoms with van der Waals surface area (Å²) in [6.45, 7) is 7.06. The fourth-order valence-corrected chi connectivity index (χ4v) is 0.617. The van der Waals surface area contributed by atoms with Crippen LogP contribution in [0.3, 0.4) is 0 Å². The molecule has 0 aliphatic carbocycles. The summed E-state index contributed by atoms with van der Waals surface area (Å²) in [4.78, 5) is 10.5. The Labute approximate surface area is 72.9 Å². The van der Waals surface area contributed by atoms with Crippen LogP contribution in [0.4, 0.5) is 0 Å². The van der Waals surface area contributed by atoms with Crippen molar-refractivity contribution in [2.45, 2.75) is 26.4 Å². The van der Waals surface area contributed by atoms with Gasteiger partial charge in [0.25, 0.3) is 0 Å². The van der Waals surface area contributed by atoms with Gasteiger partial charge in [-0.1, -0.05) is 6.92 Å². The molecule has 4 nitrogen and oxygen atoms in total. The quantitative estimate of drug-likeness (QED) is 0.576. The summed E-state index contributed by atoms with van der Waals surface area (Å²) in [6.07, 6.45) is 0. The Morgan fingerprint density at radius 3 is 2.58 bits per heavy atom. The SMILES string of the molecule is CCNCCOC(C)(C)C(=O)O. The zero-order chi connectivity index (χ0) is 9.61. The van der Waals surface area contributed by atoms with E-state index in [4.69, 9.17) is 9.84 Å². The molecule has 0 heterocycles. The highest BCUT2D eigenvalue weighted by Crippen LogP contribution is 2.07. The van der Waals surface area contributed by atoms with Gasteiger partial charge < -0.3 is 15.2 Å². The molecule has 0 spiro atoms. The Morgan fingerprint density at radius 2 is 2.17 bits per heavy atom. The molecule has 2 N–H and O–H groups in total. The molecule has 0 aromatic carbocycles. The number of aliphatic carboxylic acids is 1. The van der Waals surface area contributed by atoms with Gasteiger partial charge in [0, 0.05) is 6.54 Å². The lowest BCUT2D eigenvalue weighted by atomic mass is 10.1. The zero-order valence-electron chi connectivity index (χ0n) is 7.89. The van der Waals surface area contributed by atoms with Crippen LogP contribution in [-0.2, 0) is 9.53 Å². The molecule has 0 saturated carbocycles. The molecule has 0 fully saturated rings. The Hall–Kier alpha value is -0.610. The maximum absolute atomic E-state index is 10.5. The van der Waals surface area contributed by atoms with Crippen LogP contribution < -0.4 is 5.32 Å². The predicted molar refractivity (Wildman–Crippen MR) is 46.2 cm³/mol. The van der Waals surface area contributed by atoms with Gasteiger partial charge >= 0.3 is 5.97 Å². The molecule has 0 bridgehead atoms. The van der Waals surface area contributed by atoms with Crippen molar-refractivity contribution in [2.24, 2.45) is 0 Å². The third kappa shape index (κ3) is 4.31. The fourth-order valence-electron chi connectivity index (χ4n) is 0.617. The monoisotopic (exact) mass is 175 g/mol. The molecule has 0 aliphatic rings. The number of likely N-dealkylation sites (N-methyl/N-ethyl adjacent to an activating group) is 1. The minimum absolute atomic E-state index is 0.424. The first-order chi connectivity index (χ1) is 5.50. The fraction of sp³-hybridized carbons (Fsp3) is 0.875. The number of carboxylic acids is 1. The summed E-state index contributed by atoms with van der Waals surface area (Å²) < 4.78 is 5.13. The lowest BCUT2D eigenvalue weighted by molar-refractivity contribution is -0.161. The van der Waals surface area contributed by atoms with Crippen molar-refractivity contribution >= 4 is 5.97 Å². The second kappa shape index (κ2) is 5.11. The Balaban J connectivity index is 3.54. The number of carbonyl (C=O) groups is 1. The average molecular weight is 175 g/mol. The molecule has 0 atom stereocenters. The van der Waals surface area contributed by atoms with Crippen molar-refractivity contribution in [3.63, 3.8) is 0 Å². The summed E-state index contributed by atoms with van der Waals surface area (Å²) in [5, 5.41) is 11.7. The lowest BCUT2D eigenvalue weighted by Gasteiger charge is -2.19. The first-order valence-corrected chi connectivity index (χ1v) is 4.08. The second-order valence-corrected chi connectivity index (χ2v) is 3.02. The van der Waals surface area contributed by atoms with E-state index in [0.717, 1.165) is 6.54 Å². The number of hydrogen-bond donors (Lipinski definition) is 2. The van der Waals surface area contributed by atoms with Crippen LogP contribution in [0.1, 0.15) is 20.8 Å². The number of nitrogens with one attached hydrogen (secondary N) is 1. The second-order valence-electron chi connectivity index (χ2n) is 3.02. The summed E-state index contributed by atoms with van der Waals surface area (Å²) >= 11 is 0. The van der Waals surface area contributed by atoms with Crippen LogP contribution in [0.5, 0.6) is 0 Å². The summed E-state index contributed by atoms with van der Waals surface area (Å²) in [6, 6.07) is 0. The molecule has 72 valence electrons. The van der Waals surface area contributed by atoms with Crippen LogP contribution in [0.2, 0.25) is 0 Å². The molecule has 0 aromatic rings. The highest BCUT2D eigenvalue weighted by molar-refractivity contribution is 5.76. The van der Waals surface area contributed by atoms with E-state index in [2.05, 4.69) is 5.32 Å². The number of ether oxygens (including phenoxy) is 1. The van der Waals surface area contributed by atoms with Gasteiger partial charge in [0.05, 0.1) is 6.61 Å². The molecule has 0 saturated heterocycles. The van der Waals surface area contributed by atoms with E-state index in [1.54, 1.807) is 13.8 Å². The van der Waals surface area contributed by atoms with Crippen molar-refractivity contribution < 1.29 is 14.6 Å². The van der Waals surface area contributed by atoms with Crippen LogP contribution in [0.25, 0.3) is 0 Å². The largest absolute Gasteiger partial charge is 0.479 e. The van der Waals surface area contributed by atoms with E-state index < -0.39 is 11.6 Å². The molecule has 0 aromatic heterocycles. The molecular weight excluding hydrogens is 158 g/mol. The molecule has 0 rings (SSSR count). The van der Waals surface area contributed by atoms with Crippen LogP contribution in [0.15, 0.2) is 0 Å². The number of carboxylic acid groups (broad SMARTS) is 1. The van der Waals surface area contributed by atoms with E-state index in [0.29, 0.717) is 13.2 Å². The Bertz CT molecular complexity index is 145. The molecule has 12 heavy (non-hydrogen) atoms. The third-order valence-corrected chi connectivity index (χ3v) is 1.51. The zero-order valence-corrected chi connectivity index (χ0v) is 7.89. The van der Waals surface area contributed by atoms with E-state index in [1.807, 2.05) is 6.92 Å².